The minimum Gasteiger partial charge on any atom is -0.382 e. The van der Waals surface area contributed by atoms with Crippen LogP contribution in [0.3, 0.4) is 0 Å². The van der Waals surface area contributed by atoms with Gasteiger partial charge >= 0.3 is 0 Å². The summed E-state index contributed by atoms with van der Waals surface area (Å²) in [5.41, 5.74) is 3.03. The van der Waals surface area contributed by atoms with Crippen LogP contribution in [0.5, 0.6) is 0 Å². The fourth-order valence-corrected chi connectivity index (χ4v) is 2.57. The highest BCUT2D eigenvalue weighted by atomic mass is 16.6. The van der Waals surface area contributed by atoms with E-state index in [-0.39, 0.29) is 12.0 Å². The first kappa shape index (κ1) is 14.1. The second kappa shape index (κ2) is 6.26. The average molecular weight is 288 g/mol. The molecular weight excluding hydrogens is 268 g/mol. The minimum absolute atomic E-state index is 0.114. The normalized spacial score (nSPS) is 24.5. The van der Waals surface area contributed by atoms with Crippen LogP contribution in [-0.2, 0) is 14.4 Å². The van der Waals surface area contributed by atoms with Crippen LogP contribution in [-0.4, -0.2) is 37.0 Å². The van der Waals surface area contributed by atoms with Crippen LogP contribution in [0.25, 0.3) is 0 Å². The summed E-state index contributed by atoms with van der Waals surface area (Å²) >= 11 is 0. The van der Waals surface area contributed by atoms with E-state index >= 15 is 0 Å². The highest BCUT2D eigenvalue weighted by molar-refractivity contribution is 6.04. The van der Waals surface area contributed by atoms with Crippen LogP contribution >= 0.6 is 0 Å². The van der Waals surface area contributed by atoms with Gasteiger partial charge in [-0.15, -0.1) is 0 Å². The fourth-order valence-electron chi connectivity index (χ4n) is 2.57. The topological polar surface area (TPSA) is 59.9 Å². The summed E-state index contributed by atoms with van der Waals surface area (Å²) in [5.74, 6) is -0.114. The molecule has 21 heavy (non-hydrogen) atoms. The zero-order valence-electron chi connectivity index (χ0n) is 12.2. The van der Waals surface area contributed by atoms with Crippen molar-refractivity contribution >= 4 is 11.6 Å². The number of rotatable bonds is 4. The Bertz CT molecular complexity index is 533. The SMILES string of the molecule is Cc1ccc(C2=NOC(C(=O)NCC3CCCO3)C2)cc1. The number of nitrogens with one attached hydrogen (secondary N) is 1. The van der Waals surface area contributed by atoms with Gasteiger partial charge < -0.3 is 14.9 Å². The smallest absolute Gasteiger partial charge is 0.264 e. The number of hydrogen-bond donors (Lipinski definition) is 1. The molecule has 5 nitrogen and oxygen atoms in total. The lowest BCUT2D eigenvalue weighted by atomic mass is 10.0. The molecule has 2 unspecified atom stereocenters. The molecule has 0 aromatic heterocycles. The van der Waals surface area contributed by atoms with E-state index in [1.807, 2.05) is 31.2 Å². The summed E-state index contributed by atoms with van der Waals surface area (Å²) in [6.07, 6.45) is 2.22. The van der Waals surface area contributed by atoms with Gasteiger partial charge in [0, 0.05) is 19.6 Å². The first-order chi connectivity index (χ1) is 10.2. The Morgan fingerprint density at radius 2 is 2.19 bits per heavy atom. The maximum Gasteiger partial charge on any atom is 0.264 e. The molecule has 2 aliphatic rings. The van der Waals surface area contributed by atoms with Crippen LogP contribution in [0.1, 0.15) is 30.4 Å². The van der Waals surface area contributed by atoms with Crippen molar-refractivity contribution in [1.82, 2.24) is 5.32 Å². The number of benzene rings is 1. The maximum atomic E-state index is 12.1. The molecule has 112 valence electrons. The second-order valence-corrected chi connectivity index (χ2v) is 5.58. The molecule has 0 saturated carbocycles. The van der Waals surface area contributed by atoms with Crippen molar-refractivity contribution in [3.63, 3.8) is 0 Å². The summed E-state index contributed by atoms with van der Waals surface area (Å²) in [7, 11) is 0. The van der Waals surface area contributed by atoms with E-state index in [0.717, 1.165) is 30.7 Å². The Labute approximate surface area is 124 Å². The number of aryl methyl sites for hydroxylation is 1. The quantitative estimate of drug-likeness (QED) is 0.918. The molecule has 1 aromatic carbocycles. The van der Waals surface area contributed by atoms with Crippen molar-refractivity contribution in [3.8, 4) is 0 Å². The van der Waals surface area contributed by atoms with E-state index in [1.165, 1.54) is 5.56 Å². The van der Waals surface area contributed by atoms with E-state index in [0.29, 0.717) is 13.0 Å². The molecule has 0 radical (unpaired) electrons. The molecule has 2 heterocycles. The summed E-state index contributed by atoms with van der Waals surface area (Å²) in [6.45, 7) is 3.39. The monoisotopic (exact) mass is 288 g/mol. The van der Waals surface area contributed by atoms with Crippen LogP contribution in [0, 0.1) is 6.92 Å². The molecule has 0 spiro atoms. The lowest BCUT2D eigenvalue weighted by molar-refractivity contribution is -0.131. The zero-order chi connectivity index (χ0) is 14.7. The van der Waals surface area contributed by atoms with Gasteiger partial charge in [0.05, 0.1) is 11.8 Å². The van der Waals surface area contributed by atoms with E-state index < -0.39 is 6.10 Å². The van der Waals surface area contributed by atoms with Gasteiger partial charge in [0.1, 0.15) is 0 Å². The van der Waals surface area contributed by atoms with Gasteiger partial charge in [0.2, 0.25) is 6.10 Å². The van der Waals surface area contributed by atoms with Crippen molar-refractivity contribution in [1.29, 1.82) is 0 Å². The molecule has 1 amide bonds. The molecule has 3 rings (SSSR count). The van der Waals surface area contributed by atoms with E-state index in [1.54, 1.807) is 0 Å². The van der Waals surface area contributed by atoms with Gasteiger partial charge in [0.15, 0.2) is 0 Å². The maximum absolute atomic E-state index is 12.1. The molecule has 1 fully saturated rings. The number of hydrogen-bond acceptors (Lipinski definition) is 4. The summed E-state index contributed by atoms with van der Waals surface area (Å²) in [4.78, 5) is 17.3. The van der Waals surface area contributed by atoms with Crippen molar-refractivity contribution in [2.24, 2.45) is 5.16 Å². The molecule has 0 aliphatic carbocycles. The number of oxime groups is 1. The van der Waals surface area contributed by atoms with Crippen LogP contribution in [0.2, 0.25) is 0 Å². The van der Waals surface area contributed by atoms with Crippen LogP contribution in [0.15, 0.2) is 29.4 Å². The van der Waals surface area contributed by atoms with Gasteiger partial charge in [-0.1, -0.05) is 35.0 Å². The lowest BCUT2D eigenvalue weighted by Gasteiger charge is -2.13. The first-order valence-corrected chi connectivity index (χ1v) is 7.41. The lowest BCUT2D eigenvalue weighted by Crippen LogP contribution is -2.39. The van der Waals surface area contributed by atoms with E-state index in [9.17, 15) is 4.79 Å². The van der Waals surface area contributed by atoms with Gasteiger partial charge in [-0.2, -0.15) is 0 Å². The minimum atomic E-state index is -0.525. The number of amides is 1. The molecule has 1 N–H and O–H groups in total. The molecule has 2 aliphatic heterocycles. The van der Waals surface area contributed by atoms with Crippen molar-refractivity contribution in [3.05, 3.63) is 35.4 Å². The van der Waals surface area contributed by atoms with Gasteiger partial charge in [0.25, 0.3) is 5.91 Å². The Balaban J connectivity index is 1.50. The van der Waals surface area contributed by atoms with Crippen molar-refractivity contribution in [2.75, 3.05) is 13.2 Å². The van der Waals surface area contributed by atoms with Crippen molar-refractivity contribution < 1.29 is 14.4 Å². The van der Waals surface area contributed by atoms with E-state index in [4.69, 9.17) is 9.57 Å². The molecule has 1 saturated heterocycles. The third-order valence-electron chi connectivity index (χ3n) is 3.87. The second-order valence-electron chi connectivity index (χ2n) is 5.58. The average Bonchev–Trinajstić information content (AvgIpc) is 3.17. The third-order valence-corrected chi connectivity index (χ3v) is 3.87. The molecular formula is C16H20N2O3. The number of nitrogens with zero attached hydrogens (tertiary/aromatic N) is 1. The predicted octanol–water partition coefficient (Wildman–Crippen LogP) is 1.78. The van der Waals surface area contributed by atoms with Crippen LogP contribution < -0.4 is 5.32 Å². The van der Waals surface area contributed by atoms with Gasteiger partial charge in [-0.05, 0) is 25.3 Å². The highest BCUT2D eigenvalue weighted by Gasteiger charge is 2.29. The third kappa shape index (κ3) is 3.42. The number of ether oxygens (including phenoxy) is 1. The highest BCUT2D eigenvalue weighted by Crippen LogP contribution is 2.18. The van der Waals surface area contributed by atoms with Gasteiger partial charge in [-0.25, -0.2) is 0 Å². The standard InChI is InChI=1S/C16H20N2O3/c1-11-4-6-12(7-5-11)14-9-15(21-18-14)16(19)17-10-13-3-2-8-20-13/h4-7,13,15H,2-3,8-10H2,1H3,(H,17,19). The Kier molecular flexibility index (Phi) is 4.20. The first-order valence-electron chi connectivity index (χ1n) is 7.41. The Morgan fingerprint density at radius 1 is 1.38 bits per heavy atom. The van der Waals surface area contributed by atoms with E-state index in [2.05, 4.69) is 10.5 Å². The fraction of sp³-hybridized carbons (Fsp3) is 0.500. The Hall–Kier alpha value is -1.88. The number of carbonyl (C=O) groups is 1. The number of carbonyl (C=O) groups excluding carboxylic acids is 1. The summed E-state index contributed by atoms with van der Waals surface area (Å²) in [5, 5.41) is 6.93. The van der Waals surface area contributed by atoms with Crippen molar-refractivity contribution in [2.45, 2.75) is 38.4 Å². The molecule has 5 heteroatoms. The summed E-state index contributed by atoms with van der Waals surface area (Å²) in [6, 6.07) is 8.07. The largest absolute Gasteiger partial charge is 0.382 e. The molecule has 2 atom stereocenters. The molecule has 0 bridgehead atoms. The molecule has 1 aromatic rings. The van der Waals surface area contributed by atoms with Crippen LogP contribution in [0.4, 0.5) is 0 Å². The Morgan fingerprint density at radius 3 is 2.90 bits per heavy atom. The summed E-state index contributed by atoms with van der Waals surface area (Å²) < 4.78 is 5.48. The predicted molar refractivity (Wildman–Crippen MR) is 79.2 cm³/mol. The zero-order valence-corrected chi connectivity index (χ0v) is 12.2. The van der Waals surface area contributed by atoms with Gasteiger partial charge in [-0.3, -0.25) is 4.79 Å².